The highest BCUT2D eigenvalue weighted by molar-refractivity contribution is 6.03. The minimum atomic E-state index is -0.162. The molecule has 1 N–H and O–H groups in total. The van der Waals surface area contributed by atoms with Crippen LogP contribution in [0.2, 0.25) is 0 Å². The highest BCUT2D eigenvalue weighted by Crippen LogP contribution is 2.38. The number of nitrogens with zero attached hydrogens (tertiary/aromatic N) is 4. The molecule has 0 spiro atoms. The number of hydrogen-bond acceptors (Lipinski definition) is 5. The van der Waals surface area contributed by atoms with Gasteiger partial charge in [-0.1, -0.05) is 128 Å². The normalized spacial score (nSPS) is 13.1. The third-order valence-corrected chi connectivity index (χ3v) is 13.4. The van der Waals surface area contributed by atoms with E-state index in [4.69, 9.17) is 4.74 Å². The van der Waals surface area contributed by atoms with Gasteiger partial charge >= 0.3 is 6.03 Å². The number of ether oxygens (including phenoxy) is 1. The van der Waals surface area contributed by atoms with Crippen LogP contribution in [0.1, 0.15) is 142 Å². The molecule has 0 bridgehead atoms. The lowest BCUT2D eigenvalue weighted by Crippen LogP contribution is -2.36. The number of para-hydroxylation sites is 1. The Morgan fingerprint density at radius 1 is 0.565 bits per heavy atom. The summed E-state index contributed by atoms with van der Waals surface area (Å²) in [6.07, 6.45) is 2.89. The van der Waals surface area contributed by atoms with Gasteiger partial charge in [0.05, 0.1) is 26.1 Å². The third kappa shape index (κ3) is 13.2. The van der Waals surface area contributed by atoms with E-state index in [0.29, 0.717) is 36.8 Å². The summed E-state index contributed by atoms with van der Waals surface area (Å²) in [5.41, 5.74) is 14.5. The summed E-state index contributed by atoms with van der Waals surface area (Å²) in [5, 5.41) is 3.31. The fourth-order valence-electron chi connectivity index (χ4n) is 9.04. The van der Waals surface area contributed by atoms with E-state index in [1.807, 2.05) is 44.1 Å². The molecule has 0 aliphatic heterocycles. The lowest BCUT2D eigenvalue weighted by molar-refractivity contribution is -0.120. The van der Waals surface area contributed by atoms with Crippen molar-refractivity contribution >= 4 is 40.4 Å². The van der Waals surface area contributed by atoms with Crippen LogP contribution in [-0.4, -0.2) is 47.2 Å². The number of methoxy groups -OCH3 is 1. The van der Waals surface area contributed by atoms with Gasteiger partial charge in [0, 0.05) is 56.6 Å². The summed E-state index contributed by atoms with van der Waals surface area (Å²) >= 11 is 0. The number of anilines is 5. The van der Waals surface area contributed by atoms with Crippen molar-refractivity contribution in [1.82, 2.24) is 0 Å². The van der Waals surface area contributed by atoms with Crippen molar-refractivity contribution in [2.45, 2.75) is 117 Å². The van der Waals surface area contributed by atoms with Crippen molar-refractivity contribution in [2.24, 2.45) is 0 Å². The average Bonchev–Trinajstić information content (AvgIpc) is 3.34. The molecule has 1 unspecified atom stereocenters. The molecule has 69 heavy (non-hydrogen) atoms. The van der Waals surface area contributed by atoms with Crippen molar-refractivity contribution in [3.8, 4) is 5.75 Å². The second-order valence-corrected chi connectivity index (χ2v) is 20.2. The van der Waals surface area contributed by atoms with E-state index in [1.165, 1.54) is 16.7 Å². The van der Waals surface area contributed by atoms with Gasteiger partial charge in [-0.3, -0.25) is 9.69 Å². The number of carbonyl (C=O) groups is 2. The van der Waals surface area contributed by atoms with Crippen LogP contribution >= 0.6 is 0 Å². The number of urea groups is 1. The number of rotatable bonds is 15. The van der Waals surface area contributed by atoms with Gasteiger partial charge in [0.15, 0.2) is 0 Å². The first kappa shape index (κ1) is 51.8. The fourth-order valence-corrected chi connectivity index (χ4v) is 9.04. The van der Waals surface area contributed by atoms with Crippen LogP contribution in [0, 0.1) is 0 Å². The molecule has 0 saturated carbocycles. The van der Waals surface area contributed by atoms with Gasteiger partial charge in [-0.25, -0.2) is 4.79 Å². The van der Waals surface area contributed by atoms with E-state index in [1.54, 1.807) is 7.11 Å². The molecule has 0 aromatic heterocycles. The summed E-state index contributed by atoms with van der Waals surface area (Å²) in [5.74, 6) is 2.31. The van der Waals surface area contributed by atoms with E-state index in [-0.39, 0.29) is 17.9 Å². The Hall–Kier alpha value is -6.54. The largest absolute Gasteiger partial charge is 0.497 e. The monoisotopic (exact) mass is 928 g/mol. The van der Waals surface area contributed by atoms with E-state index >= 15 is 0 Å². The van der Waals surface area contributed by atoms with Gasteiger partial charge in [-0.15, -0.1) is 0 Å². The van der Waals surface area contributed by atoms with Crippen molar-refractivity contribution in [1.29, 1.82) is 0 Å². The molecule has 1 aliphatic rings. The standard InChI is InChI=1S/C31H41N3O.C30H36N2O2/c1-21(2)25-14-18-27(19-15-25)34(20-24-12-16-26(17-13-24)33(7)8)31(35)32-30-28(22(3)4)10-9-11-29(30)23(5)6;1-21(2)23-11-16-26(17-12-23)32(20-22-9-14-25(15-10-22)31(3)4)30(33)28-8-6-7-24-13-18-27(34-5)19-29(24)28/h9-19,21-23H,20H2,1-8H3,(H,32,35);9-19,21,28H,6-8,20H2,1-5H3. The lowest BCUT2D eigenvalue weighted by atomic mass is 9.81. The summed E-state index contributed by atoms with van der Waals surface area (Å²) in [6, 6.07) is 46.1. The van der Waals surface area contributed by atoms with Gasteiger partial charge in [0.25, 0.3) is 0 Å². The molecule has 0 fully saturated rings. The number of nitrogens with one attached hydrogen (secondary N) is 1. The first-order chi connectivity index (χ1) is 32.9. The van der Waals surface area contributed by atoms with Crippen LogP contribution < -0.4 is 29.7 Å². The first-order valence-electron chi connectivity index (χ1n) is 24.9. The zero-order chi connectivity index (χ0) is 49.9. The summed E-state index contributed by atoms with van der Waals surface area (Å²) in [7, 11) is 9.82. The molecule has 3 amide bonds. The third-order valence-electron chi connectivity index (χ3n) is 13.4. The highest BCUT2D eigenvalue weighted by atomic mass is 16.5. The van der Waals surface area contributed by atoms with Gasteiger partial charge in [0.2, 0.25) is 5.91 Å². The quantitative estimate of drug-likeness (QED) is 0.111. The summed E-state index contributed by atoms with van der Waals surface area (Å²) in [6.45, 7) is 18.5. The Labute approximate surface area is 414 Å². The first-order valence-corrected chi connectivity index (χ1v) is 24.9. The van der Waals surface area contributed by atoms with Crippen LogP contribution in [0.5, 0.6) is 5.75 Å². The predicted molar refractivity (Wildman–Crippen MR) is 292 cm³/mol. The van der Waals surface area contributed by atoms with Gasteiger partial charge < -0.3 is 24.8 Å². The number of aryl methyl sites for hydroxylation is 1. The van der Waals surface area contributed by atoms with Gasteiger partial charge in [-0.05, 0) is 148 Å². The number of carbonyl (C=O) groups excluding carboxylic acids is 2. The maximum atomic E-state index is 14.1. The van der Waals surface area contributed by atoms with Crippen LogP contribution in [0.4, 0.5) is 33.2 Å². The van der Waals surface area contributed by atoms with Crippen molar-refractivity contribution in [3.05, 3.63) is 178 Å². The molecule has 0 saturated heterocycles. The molecule has 8 heteroatoms. The number of fused-ring (bicyclic) bond motifs is 1. The molecule has 0 radical (unpaired) electrons. The predicted octanol–water partition coefficient (Wildman–Crippen LogP) is 14.9. The molecule has 6 aromatic rings. The molecule has 8 nitrogen and oxygen atoms in total. The summed E-state index contributed by atoms with van der Waals surface area (Å²) in [4.78, 5) is 36.0. The summed E-state index contributed by atoms with van der Waals surface area (Å²) < 4.78 is 5.49. The van der Waals surface area contributed by atoms with Crippen molar-refractivity contribution in [2.75, 3.05) is 60.2 Å². The number of amides is 3. The minimum Gasteiger partial charge on any atom is -0.497 e. The number of hydrogen-bond donors (Lipinski definition) is 1. The smallest absolute Gasteiger partial charge is 0.326 e. The van der Waals surface area contributed by atoms with Crippen LogP contribution in [0.15, 0.2) is 133 Å². The average molecular weight is 928 g/mol. The second kappa shape index (κ2) is 23.7. The highest BCUT2D eigenvalue weighted by Gasteiger charge is 2.32. The molecular weight excluding hydrogens is 851 g/mol. The van der Waals surface area contributed by atoms with E-state index in [9.17, 15) is 9.59 Å². The van der Waals surface area contributed by atoms with Crippen LogP contribution in [0.25, 0.3) is 0 Å². The molecule has 6 aromatic carbocycles. The zero-order valence-corrected chi connectivity index (χ0v) is 43.6. The Morgan fingerprint density at radius 3 is 1.45 bits per heavy atom. The van der Waals surface area contributed by atoms with Crippen LogP contribution in [-0.2, 0) is 24.3 Å². The van der Waals surface area contributed by atoms with E-state index < -0.39 is 0 Å². The Kier molecular flexibility index (Phi) is 17.8. The number of benzene rings is 6. The topological polar surface area (TPSA) is 68.4 Å². The lowest BCUT2D eigenvalue weighted by Gasteiger charge is -2.31. The maximum absolute atomic E-state index is 14.1. The minimum absolute atomic E-state index is 0.117. The van der Waals surface area contributed by atoms with Crippen molar-refractivity contribution < 1.29 is 14.3 Å². The molecule has 1 aliphatic carbocycles. The van der Waals surface area contributed by atoms with E-state index in [2.05, 4.69) is 198 Å². The Bertz CT molecular complexity index is 2570. The van der Waals surface area contributed by atoms with Crippen molar-refractivity contribution in [3.63, 3.8) is 0 Å². The molecule has 0 heterocycles. The SMILES string of the molecule is CC(C)c1ccc(N(Cc2ccc(N(C)C)cc2)C(=O)Nc2c(C(C)C)cccc2C(C)C)cc1.COc1ccc2c(c1)C(C(=O)N(Cc1ccc(N(C)C)cc1)c1ccc(C(C)C)cc1)CCC2. The van der Waals surface area contributed by atoms with Gasteiger partial charge in [0.1, 0.15) is 5.75 Å². The Balaban J connectivity index is 0.000000227. The molecule has 1 atom stereocenters. The molecule has 364 valence electrons. The van der Waals surface area contributed by atoms with E-state index in [0.717, 1.165) is 81.3 Å². The molecular formula is C61H77N5O3. The van der Waals surface area contributed by atoms with Gasteiger partial charge in [-0.2, -0.15) is 0 Å². The fraction of sp³-hybridized carbons (Fsp3) is 0.377. The Morgan fingerprint density at radius 2 is 1.01 bits per heavy atom. The second-order valence-electron chi connectivity index (χ2n) is 20.2. The van der Waals surface area contributed by atoms with Crippen LogP contribution in [0.3, 0.4) is 0 Å². The maximum Gasteiger partial charge on any atom is 0.326 e. The molecule has 7 rings (SSSR count). The zero-order valence-electron chi connectivity index (χ0n) is 43.6.